The Balaban J connectivity index is 3.26. The summed E-state index contributed by atoms with van der Waals surface area (Å²) in [7, 11) is 1.31. The minimum absolute atomic E-state index is 0.344. The molecule has 0 radical (unpaired) electrons. The molecule has 0 saturated carbocycles. The van der Waals surface area contributed by atoms with Gasteiger partial charge < -0.3 is 10.1 Å². The molecule has 0 aliphatic carbocycles. The Bertz CT molecular complexity index is 380. The van der Waals surface area contributed by atoms with Crippen molar-refractivity contribution in [3.05, 3.63) is 27.7 Å². The first-order valence-corrected chi connectivity index (χ1v) is 5.17. The van der Waals surface area contributed by atoms with Gasteiger partial charge in [0.25, 0.3) is 0 Å². The number of esters is 1. The van der Waals surface area contributed by atoms with Crippen molar-refractivity contribution >= 4 is 34.9 Å². The lowest BCUT2D eigenvalue weighted by molar-refractivity contribution is 0.0602. The summed E-state index contributed by atoms with van der Waals surface area (Å²) in [6, 6.07) is 3.10. The number of rotatable bonds is 3. The molecule has 1 aromatic carbocycles. The van der Waals surface area contributed by atoms with E-state index in [-0.39, 0.29) is 0 Å². The van der Waals surface area contributed by atoms with Crippen LogP contribution in [0.1, 0.15) is 17.3 Å². The summed E-state index contributed by atoms with van der Waals surface area (Å²) in [5.41, 5.74) is 0.896. The Hall–Kier alpha value is -0.930. The van der Waals surface area contributed by atoms with Gasteiger partial charge in [-0.2, -0.15) is 0 Å². The van der Waals surface area contributed by atoms with Crippen molar-refractivity contribution < 1.29 is 9.53 Å². The number of hydrogen-bond acceptors (Lipinski definition) is 3. The van der Waals surface area contributed by atoms with E-state index >= 15 is 0 Å². The van der Waals surface area contributed by atoms with Gasteiger partial charge in [-0.25, -0.2) is 4.79 Å². The first-order chi connectivity index (χ1) is 7.10. The molecule has 0 atom stereocenters. The van der Waals surface area contributed by atoms with Crippen molar-refractivity contribution in [3.8, 4) is 0 Å². The van der Waals surface area contributed by atoms with Crippen LogP contribution in [-0.4, -0.2) is 19.6 Å². The van der Waals surface area contributed by atoms with Crippen LogP contribution in [0.5, 0.6) is 0 Å². The highest BCUT2D eigenvalue weighted by Gasteiger charge is 2.15. The lowest BCUT2D eigenvalue weighted by atomic mass is 10.1. The monoisotopic (exact) mass is 247 g/mol. The van der Waals surface area contributed by atoms with E-state index in [1.807, 2.05) is 6.92 Å². The summed E-state index contributed by atoms with van der Waals surface area (Å²) >= 11 is 11.8. The highest BCUT2D eigenvalue weighted by atomic mass is 35.5. The first kappa shape index (κ1) is 12.1. The van der Waals surface area contributed by atoms with Crippen LogP contribution >= 0.6 is 23.2 Å². The van der Waals surface area contributed by atoms with Gasteiger partial charge in [0.2, 0.25) is 0 Å². The highest BCUT2D eigenvalue weighted by Crippen LogP contribution is 2.30. The number of anilines is 1. The van der Waals surface area contributed by atoms with Gasteiger partial charge in [-0.1, -0.05) is 23.2 Å². The average molecular weight is 248 g/mol. The van der Waals surface area contributed by atoms with Crippen LogP contribution in [0.4, 0.5) is 5.69 Å². The second-order valence-corrected chi connectivity index (χ2v) is 3.68. The average Bonchev–Trinajstić information content (AvgIpc) is 2.20. The highest BCUT2D eigenvalue weighted by molar-refractivity contribution is 6.37. The van der Waals surface area contributed by atoms with E-state index in [1.165, 1.54) is 13.2 Å². The van der Waals surface area contributed by atoms with Crippen molar-refractivity contribution in [3.63, 3.8) is 0 Å². The van der Waals surface area contributed by atoms with Crippen molar-refractivity contribution in [2.45, 2.75) is 6.92 Å². The minimum atomic E-state index is -0.463. The van der Waals surface area contributed by atoms with Gasteiger partial charge in [-0.05, 0) is 19.1 Å². The number of methoxy groups -OCH3 is 1. The third-order valence-electron chi connectivity index (χ3n) is 1.81. The number of carbonyl (C=O) groups excluding carboxylic acids is 1. The molecule has 1 rings (SSSR count). The van der Waals surface area contributed by atoms with Crippen molar-refractivity contribution in [2.75, 3.05) is 19.0 Å². The Morgan fingerprint density at radius 1 is 1.47 bits per heavy atom. The van der Waals surface area contributed by atoms with E-state index in [1.54, 1.807) is 6.07 Å². The first-order valence-electron chi connectivity index (χ1n) is 4.41. The molecule has 0 aromatic heterocycles. The second kappa shape index (κ2) is 5.24. The Labute approximate surface area is 98.3 Å². The SMILES string of the molecule is CCNc1c(Cl)cc(Cl)cc1C(=O)OC. The normalized spacial score (nSPS) is 9.87. The third-order valence-corrected chi connectivity index (χ3v) is 2.33. The van der Waals surface area contributed by atoms with Gasteiger partial charge in [-0.15, -0.1) is 0 Å². The molecule has 0 bridgehead atoms. The molecule has 1 aromatic rings. The van der Waals surface area contributed by atoms with E-state index < -0.39 is 5.97 Å². The molecule has 0 fully saturated rings. The van der Waals surface area contributed by atoms with Crippen LogP contribution < -0.4 is 5.32 Å². The van der Waals surface area contributed by atoms with E-state index in [0.29, 0.717) is 27.8 Å². The van der Waals surface area contributed by atoms with Crippen LogP contribution in [0.2, 0.25) is 10.0 Å². The van der Waals surface area contributed by atoms with E-state index in [2.05, 4.69) is 10.1 Å². The zero-order valence-corrected chi connectivity index (χ0v) is 9.95. The Morgan fingerprint density at radius 2 is 2.13 bits per heavy atom. The summed E-state index contributed by atoms with van der Waals surface area (Å²) in [6.07, 6.45) is 0. The predicted molar refractivity (Wildman–Crippen MR) is 62.0 cm³/mol. The van der Waals surface area contributed by atoms with Crippen molar-refractivity contribution in [2.24, 2.45) is 0 Å². The van der Waals surface area contributed by atoms with Gasteiger partial charge in [0.1, 0.15) is 0 Å². The minimum Gasteiger partial charge on any atom is -0.465 e. The molecule has 0 amide bonds. The molecule has 0 unspecified atom stereocenters. The number of benzene rings is 1. The quantitative estimate of drug-likeness (QED) is 0.834. The molecule has 0 spiro atoms. The maximum Gasteiger partial charge on any atom is 0.340 e. The fraction of sp³-hybridized carbons (Fsp3) is 0.300. The Morgan fingerprint density at radius 3 is 2.67 bits per heavy atom. The topological polar surface area (TPSA) is 38.3 Å². The van der Waals surface area contributed by atoms with Crippen molar-refractivity contribution in [1.82, 2.24) is 0 Å². The Kier molecular flexibility index (Phi) is 4.24. The standard InChI is InChI=1S/C10H11Cl2NO2/c1-3-13-9-7(10(14)15-2)4-6(11)5-8(9)12/h4-5,13H,3H2,1-2H3. The third kappa shape index (κ3) is 2.76. The van der Waals surface area contributed by atoms with E-state index in [0.717, 1.165) is 0 Å². The molecule has 0 aliphatic rings. The number of nitrogens with one attached hydrogen (secondary N) is 1. The number of ether oxygens (including phenoxy) is 1. The van der Waals surface area contributed by atoms with Gasteiger partial charge in [-0.3, -0.25) is 0 Å². The molecular weight excluding hydrogens is 237 g/mol. The molecule has 82 valence electrons. The maximum absolute atomic E-state index is 11.4. The van der Waals surface area contributed by atoms with E-state index in [9.17, 15) is 4.79 Å². The molecule has 0 saturated heterocycles. The van der Waals surface area contributed by atoms with Crippen LogP contribution in [0.15, 0.2) is 12.1 Å². The van der Waals surface area contributed by atoms with Crippen LogP contribution in [0.25, 0.3) is 0 Å². The van der Waals surface area contributed by atoms with Crippen LogP contribution in [0, 0.1) is 0 Å². The summed E-state index contributed by atoms with van der Waals surface area (Å²) in [4.78, 5) is 11.4. The zero-order valence-electron chi connectivity index (χ0n) is 8.43. The maximum atomic E-state index is 11.4. The number of carbonyl (C=O) groups is 1. The van der Waals surface area contributed by atoms with Crippen LogP contribution in [0.3, 0.4) is 0 Å². The fourth-order valence-corrected chi connectivity index (χ4v) is 1.76. The smallest absolute Gasteiger partial charge is 0.340 e. The van der Waals surface area contributed by atoms with E-state index in [4.69, 9.17) is 23.2 Å². The van der Waals surface area contributed by atoms with Gasteiger partial charge in [0.05, 0.1) is 23.4 Å². The summed E-state index contributed by atoms with van der Waals surface area (Å²) in [6.45, 7) is 2.57. The molecule has 1 N–H and O–H groups in total. The number of halogens is 2. The molecule has 3 nitrogen and oxygen atoms in total. The zero-order chi connectivity index (χ0) is 11.4. The molecule has 5 heteroatoms. The molecule has 0 aliphatic heterocycles. The van der Waals surface area contributed by atoms with Gasteiger partial charge in [0, 0.05) is 11.6 Å². The lowest BCUT2D eigenvalue weighted by Gasteiger charge is -2.11. The number of hydrogen-bond donors (Lipinski definition) is 1. The second-order valence-electron chi connectivity index (χ2n) is 2.83. The van der Waals surface area contributed by atoms with Gasteiger partial charge in [0.15, 0.2) is 0 Å². The van der Waals surface area contributed by atoms with Crippen molar-refractivity contribution in [1.29, 1.82) is 0 Å². The fourth-order valence-electron chi connectivity index (χ4n) is 1.20. The van der Waals surface area contributed by atoms with Gasteiger partial charge >= 0.3 is 5.97 Å². The predicted octanol–water partition coefficient (Wildman–Crippen LogP) is 3.21. The molecule has 15 heavy (non-hydrogen) atoms. The summed E-state index contributed by atoms with van der Waals surface area (Å²) in [5.74, 6) is -0.463. The van der Waals surface area contributed by atoms with Crippen LogP contribution in [-0.2, 0) is 4.74 Å². The summed E-state index contributed by atoms with van der Waals surface area (Å²) < 4.78 is 4.64. The largest absolute Gasteiger partial charge is 0.465 e. The lowest BCUT2D eigenvalue weighted by Crippen LogP contribution is -2.08. The summed E-state index contributed by atoms with van der Waals surface area (Å²) in [5, 5.41) is 3.81. The molecular formula is C10H11Cl2NO2. The molecule has 0 heterocycles.